The molecule has 0 aliphatic rings. The second-order valence-electron chi connectivity index (χ2n) is 7.60. The van der Waals surface area contributed by atoms with E-state index in [0.717, 1.165) is 23.4 Å². The number of hydrogen-bond donors (Lipinski definition) is 1. The number of rotatable bonds is 7. The summed E-state index contributed by atoms with van der Waals surface area (Å²) in [6, 6.07) is 3.71. The molecule has 6 nitrogen and oxygen atoms in total. The van der Waals surface area contributed by atoms with E-state index in [1.807, 2.05) is 26.0 Å². The van der Waals surface area contributed by atoms with Crippen LogP contribution in [0.2, 0.25) is 0 Å². The van der Waals surface area contributed by atoms with E-state index in [0.29, 0.717) is 12.5 Å². The monoisotopic (exact) mass is 349 g/mol. The van der Waals surface area contributed by atoms with E-state index >= 15 is 0 Å². The average Bonchev–Trinajstić information content (AvgIpc) is 2.47. The highest BCUT2D eigenvalue weighted by atomic mass is 16.4. The summed E-state index contributed by atoms with van der Waals surface area (Å²) in [4.78, 5) is 31.8. The Kier molecular flexibility index (Phi) is 6.96. The third-order valence-electron chi connectivity index (χ3n) is 4.30. The smallest absolute Gasteiger partial charge is 0.408 e. The normalized spacial score (nSPS) is 11.5. The largest absolute Gasteiger partial charge is 0.465 e. The third kappa shape index (κ3) is 5.73. The molecule has 2 amide bonds. The van der Waals surface area contributed by atoms with Crippen LogP contribution in [0.3, 0.4) is 0 Å². The van der Waals surface area contributed by atoms with Crippen LogP contribution in [0, 0.1) is 19.8 Å². The Morgan fingerprint density at radius 2 is 1.72 bits per heavy atom. The van der Waals surface area contributed by atoms with Gasteiger partial charge in [0.15, 0.2) is 0 Å². The highest BCUT2D eigenvalue weighted by Gasteiger charge is 2.39. The van der Waals surface area contributed by atoms with Crippen molar-refractivity contribution in [2.24, 2.45) is 5.92 Å². The first-order valence-electron chi connectivity index (χ1n) is 8.65. The summed E-state index contributed by atoms with van der Waals surface area (Å²) in [6.45, 7) is 12.0. The van der Waals surface area contributed by atoms with Gasteiger partial charge in [0.2, 0.25) is 5.91 Å². The first kappa shape index (κ1) is 20.9. The van der Waals surface area contributed by atoms with Crippen molar-refractivity contribution < 1.29 is 14.7 Å². The fraction of sp³-hybridized carbons (Fsp3) is 0.632. The number of nitrogens with zero attached hydrogens (tertiary/aromatic N) is 3. The number of amides is 2. The molecule has 1 aromatic rings. The SMILES string of the molecule is Cc1cc(CN(C(=O)O)C(C)(C)C(=O)N(C)CCC(C)C)cc(C)n1. The molecule has 140 valence electrons. The van der Waals surface area contributed by atoms with E-state index in [9.17, 15) is 14.7 Å². The molecular formula is C19H31N3O3. The molecule has 0 aliphatic heterocycles. The Bertz CT molecular complexity index is 606. The molecule has 0 saturated heterocycles. The maximum Gasteiger partial charge on any atom is 0.408 e. The lowest BCUT2D eigenvalue weighted by Crippen LogP contribution is -2.56. The number of carbonyl (C=O) groups excluding carboxylic acids is 1. The van der Waals surface area contributed by atoms with Crippen LogP contribution in [0.1, 0.15) is 51.1 Å². The maximum absolute atomic E-state index is 12.9. The van der Waals surface area contributed by atoms with E-state index in [4.69, 9.17) is 0 Å². The minimum Gasteiger partial charge on any atom is -0.465 e. The van der Waals surface area contributed by atoms with Gasteiger partial charge in [-0.2, -0.15) is 0 Å². The molecule has 0 spiro atoms. The van der Waals surface area contributed by atoms with Gasteiger partial charge in [0.05, 0.1) is 6.54 Å². The lowest BCUT2D eigenvalue weighted by Gasteiger charge is -2.38. The summed E-state index contributed by atoms with van der Waals surface area (Å²) in [5, 5.41) is 9.70. The predicted octanol–water partition coefficient (Wildman–Crippen LogP) is 3.46. The summed E-state index contributed by atoms with van der Waals surface area (Å²) in [7, 11) is 1.73. The first-order valence-corrected chi connectivity index (χ1v) is 8.65. The molecule has 0 bridgehead atoms. The van der Waals surface area contributed by atoms with Crippen molar-refractivity contribution in [2.75, 3.05) is 13.6 Å². The number of aromatic nitrogens is 1. The van der Waals surface area contributed by atoms with Gasteiger partial charge in [0.25, 0.3) is 0 Å². The number of carboxylic acid groups (broad SMARTS) is 1. The molecule has 0 saturated carbocycles. The minimum atomic E-state index is -1.15. The molecule has 0 atom stereocenters. The second kappa shape index (κ2) is 8.32. The van der Waals surface area contributed by atoms with E-state index in [-0.39, 0.29) is 12.5 Å². The lowest BCUT2D eigenvalue weighted by molar-refractivity contribution is -0.140. The van der Waals surface area contributed by atoms with Gasteiger partial charge in [-0.25, -0.2) is 4.79 Å². The van der Waals surface area contributed by atoms with Crippen molar-refractivity contribution in [3.8, 4) is 0 Å². The Morgan fingerprint density at radius 3 is 2.16 bits per heavy atom. The zero-order chi connectivity index (χ0) is 19.4. The van der Waals surface area contributed by atoms with Crippen molar-refractivity contribution >= 4 is 12.0 Å². The molecule has 1 heterocycles. The molecule has 6 heteroatoms. The van der Waals surface area contributed by atoms with Crippen molar-refractivity contribution in [3.05, 3.63) is 29.1 Å². The van der Waals surface area contributed by atoms with Crippen molar-refractivity contribution in [1.29, 1.82) is 0 Å². The summed E-state index contributed by atoms with van der Waals surface area (Å²) < 4.78 is 0. The molecule has 0 aliphatic carbocycles. The number of hydrogen-bond acceptors (Lipinski definition) is 3. The van der Waals surface area contributed by atoms with Crippen LogP contribution >= 0.6 is 0 Å². The summed E-state index contributed by atoms with van der Waals surface area (Å²) >= 11 is 0. The van der Waals surface area contributed by atoms with Gasteiger partial charge in [-0.15, -0.1) is 0 Å². The summed E-state index contributed by atoms with van der Waals surface area (Å²) in [5.74, 6) is 0.287. The lowest BCUT2D eigenvalue weighted by atomic mass is 9.99. The molecule has 1 N–H and O–H groups in total. The highest BCUT2D eigenvalue weighted by Crippen LogP contribution is 2.22. The minimum absolute atomic E-state index is 0.149. The maximum atomic E-state index is 12.9. The van der Waals surface area contributed by atoms with Crippen LogP contribution in [-0.4, -0.2) is 51.0 Å². The Balaban J connectivity index is 3.02. The van der Waals surface area contributed by atoms with Crippen molar-refractivity contribution in [3.63, 3.8) is 0 Å². The Hall–Kier alpha value is -2.11. The topological polar surface area (TPSA) is 73.7 Å². The van der Waals surface area contributed by atoms with Crippen LogP contribution in [0.25, 0.3) is 0 Å². The highest BCUT2D eigenvalue weighted by molar-refractivity contribution is 5.88. The predicted molar refractivity (Wildman–Crippen MR) is 98.4 cm³/mol. The third-order valence-corrected chi connectivity index (χ3v) is 4.30. The van der Waals surface area contributed by atoms with Crippen LogP contribution < -0.4 is 0 Å². The zero-order valence-electron chi connectivity index (χ0n) is 16.5. The summed E-state index contributed by atoms with van der Waals surface area (Å²) in [5.41, 5.74) is 1.35. The Morgan fingerprint density at radius 1 is 1.20 bits per heavy atom. The van der Waals surface area contributed by atoms with Gasteiger partial charge in [-0.1, -0.05) is 13.8 Å². The molecule has 25 heavy (non-hydrogen) atoms. The van der Waals surface area contributed by atoms with Gasteiger partial charge < -0.3 is 10.0 Å². The standard InChI is InChI=1S/C19H31N3O3/c1-13(2)8-9-21(7)17(23)19(5,6)22(18(24)25)12-16-10-14(3)20-15(4)11-16/h10-11,13H,8-9,12H2,1-7H3,(H,24,25). The zero-order valence-corrected chi connectivity index (χ0v) is 16.5. The molecule has 0 fully saturated rings. The fourth-order valence-corrected chi connectivity index (χ4v) is 2.84. The quantitative estimate of drug-likeness (QED) is 0.818. The van der Waals surface area contributed by atoms with Crippen molar-refractivity contribution in [2.45, 2.75) is 60.0 Å². The molecule has 0 unspecified atom stereocenters. The molecule has 1 rings (SSSR count). The molecular weight excluding hydrogens is 318 g/mol. The van der Waals surface area contributed by atoms with Crippen molar-refractivity contribution in [1.82, 2.24) is 14.8 Å². The van der Waals surface area contributed by atoms with E-state index in [2.05, 4.69) is 18.8 Å². The van der Waals surface area contributed by atoms with Crippen LogP contribution in [0.4, 0.5) is 4.79 Å². The molecule has 1 aromatic heterocycles. The van der Waals surface area contributed by atoms with Gasteiger partial charge >= 0.3 is 6.09 Å². The average molecular weight is 349 g/mol. The van der Waals surface area contributed by atoms with Gasteiger partial charge in [0.1, 0.15) is 5.54 Å². The van der Waals surface area contributed by atoms with E-state index in [1.165, 1.54) is 4.90 Å². The van der Waals surface area contributed by atoms with E-state index in [1.54, 1.807) is 25.8 Å². The molecule has 0 aromatic carbocycles. The fourth-order valence-electron chi connectivity index (χ4n) is 2.84. The second-order valence-corrected chi connectivity index (χ2v) is 7.60. The van der Waals surface area contributed by atoms with Crippen LogP contribution in [-0.2, 0) is 11.3 Å². The number of pyridine rings is 1. The Labute approximate surface area is 150 Å². The van der Waals surface area contributed by atoms with Gasteiger partial charge in [-0.3, -0.25) is 14.7 Å². The van der Waals surface area contributed by atoms with Gasteiger partial charge in [0, 0.05) is 25.0 Å². The number of aryl methyl sites for hydroxylation is 2. The van der Waals surface area contributed by atoms with Crippen LogP contribution in [0.5, 0.6) is 0 Å². The number of carbonyl (C=O) groups is 2. The van der Waals surface area contributed by atoms with E-state index < -0.39 is 11.6 Å². The summed E-state index contributed by atoms with van der Waals surface area (Å²) in [6.07, 6.45) is -0.226. The van der Waals surface area contributed by atoms with Crippen LogP contribution in [0.15, 0.2) is 12.1 Å². The number of likely N-dealkylation sites (N-methyl/N-ethyl adjacent to an activating group) is 1. The van der Waals surface area contributed by atoms with Gasteiger partial charge in [-0.05, 0) is 57.7 Å². The molecule has 0 radical (unpaired) electrons. The first-order chi connectivity index (χ1) is 11.4.